The van der Waals surface area contributed by atoms with E-state index in [2.05, 4.69) is 21.1 Å². The molecule has 1 heterocycles. The van der Waals surface area contributed by atoms with Crippen LogP contribution in [0.1, 0.15) is 10.4 Å². The molecule has 116 valence electrons. The lowest BCUT2D eigenvalue weighted by atomic mass is 10.0. The fourth-order valence-electron chi connectivity index (χ4n) is 2.22. The number of aromatic nitrogens is 1. The molecule has 0 bridgehead atoms. The zero-order valence-electron chi connectivity index (χ0n) is 12.8. The molecule has 4 nitrogen and oxygen atoms in total. The van der Waals surface area contributed by atoms with E-state index in [1.807, 2.05) is 49.3 Å². The molecule has 0 aliphatic rings. The first-order valence-electron chi connectivity index (χ1n) is 7.09. The van der Waals surface area contributed by atoms with Crippen molar-refractivity contribution in [3.8, 4) is 11.3 Å². The molecule has 0 fully saturated rings. The Hall–Kier alpha value is -2.40. The molecule has 0 radical (unpaired) electrons. The van der Waals surface area contributed by atoms with Crippen LogP contribution in [-0.4, -0.2) is 29.9 Å². The molecule has 3 aromatic rings. The van der Waals surface area contributed by atoms with Crippen molar-refractivity contribution in [2.24, 2.45) is 0 Å². The van der Waals surface area contributed by atoms with Gasteiger partial charge in [0.25, 0.3) is 0 Å². The summed E-state index contributed by atoms with van der Waals surface area (Å²) in [5, 5.41) is 4.90. The van der Waals surface area contributed by atoms with E-state index in [4.69, 9.17) is 4.52 Å². The van der Waals surface area contributed by atoms with Gasteiger partial charge < -0.3 is 9.42 Å². The summed E-state index contributed by atoms with van der Waals surface area (Å²) in [6, 6.07) is 13.2. The molecular weight excluding hydrogens is 356 g/mol. The first-order valence-corrected chi connectivity index (χ1v) is 7.88. The zero-order valence-corrected chi connectivity index (χ0v) is 14.4. The standard InChI is InChI=1S/C18H15BrN2O2/c1-21(2)10-9-17(22)13-5-8-16-15(11-13)18(23-20-16)12-3-6-14(19)7-4-12/h3-11H,1-2H3. The van der Waals surface area contributed by atoms with Crippen molar-refractivity contribution in [1.29, 1.82) is 0 Å². The summed E-state index contributed by atoms with van der Waals surface area (Å²) >= 11 is 3.42. The third-order valence-electron chi connectivity index (χ3n) is 3.39. The molecule has 0 N–H and O–H groups in total. The maximum Gasteiger partial charge on any atom is 0.187 e. The molecule has 0 saturated heterocycles. The number of hydrogen-bond donors (Lipinski definition) is 0. The Morgan fingerprint density at radius 1 is 1.17 bits per heavy atom. The number of carbonyl (C=O) groups is 1. The van der Waals surface area contributed by atoms with Crippen LogP contribution in [0.15, 0.2) is 63.7 Å². The molecule has 2 aromatic carbocycles. The van der Waals surface area contributed by atoms with E-state index in [-0.39, 0.29) is 5.78 Å². The number of halogens is 1. The molecule has 0 amide bonds. The van der Waals surface area contributed by atoms with Crippen molar-refractivity contribution < 1.29 is 9.32 Å². The van der Waals surface area contributed by atoms with Crippen molar-refractivity contribution in [3.05, 3.63) is 64.8 Å². The normalized spacial score (nSPS) is 11.3. The molecule has 0 saturated carbocycles. The van der Waals surface area contributed by atoms with Gasteiger partial charge in [0, 0.05) is 42.0 Å². The second-order valence-corrected chi connectivity index (χ2v) is 6.31. The van der Waals surface area contributed by atoms with Crippen molar-refractivity contribution >= 4 is 32.6 Å². The number of hydrogen-bond acceptors (Lipinski definition) is 4. The lowest BCUT2D eigenvalue weighted by Gasteiger charge is -2.03. The summed E-state index contributed by atoms with van der Waals surface area (Å²) in [5.74, 6) is 0.613. The SMILES string of the molecule is CN(C)C=CC(=O)c1ccc2noc(-c3ccc(Br)cc3)c2c1. The molecule has 1 aromatic heterocycles. The minimum absolute atomic E-state index is 0.0523. The van der Waals surface area contributed by atoms with Crippen LogP contribution in [0.5, 0.6) is 0 Å². The fourth-order valence-corrected chi connectivity index (χ4v) is 2.48. The second kappa shape index (κ2) is 6.38. The van der Waals surface area contributed by atoms with Crippen LogP contribution in [0.2, 0.25) is 0 Å². The molecule has 0 unspecified atom stereocenters. The Bertz CT molecular complexity index is 880. The van der Waals surface area contributed by atoms with E-state index in [0.717, 1.165) is 20.9 Å². The van der Waals surface area contributed by atoms with Crippen LogP contribution in [0, 0.1) is 0 Å². The quantitative estimate of drug-likeness (QED) is 0.500. The number of allylic oxidation sites excluding steroid dienone is 1. The van der Waals surface area contributed by atoms with Crippen molar-refractivity contribution in [2.75, 3.05) is 14.1 Å². The average molecular weight is 371 g/mol. The van der Waals surface area contributed by atoms with Crippen LogP contribution in [-0.2, 0) is 0 Å². The molecule has 0 spiro atoms. The maximum absolute atomic E-state index is 12.2. The van der Waals surface area contributed by atoms with Gasteiger partial charge in [0.05, 0.1) is 5.39 Å². The number of rotatable bonds is 4. The van der Waals surface area contributed by atoms with E-state index in [1.54, 1.807) is 24.4 Å². The lowest BCUT2D eigenvalue weighted by Crippen LogP contribution is -2.03. The molecule has 0 aliphatic heterocycles. The van der Waals surface area contributed by atoms with Gasteiger partial charge in [-0.05, 0) is 42.5 Å². The molecule has 0 aliphatic carbocycles. The first-order chi connectivity index (χ1) is 11.0. The minimum Gasteiger partial charge on any atom is -0.383 e. The highest BCUT2D eigenvalue weighted by Gasteiger charge is 2.13. The smallest absolute Gasteiger partial charge is 0.187 e. The topological polar surface area (TPSA) is 46.3 Å². The second-order valence-electron chi connectivity index (χ2n) is 5.39. The van der Waals surface area contributed by atoms with E-state index in [0.29, 0.717) is 11.3 Å². The highest BCUT2D eigenvalue weighted by molar-refractivity contribution is 9.10. The monoisotopic (exact) mass is 370 g/mol. The van der Waals surface area contributed by atoms with Crippen LogP contribution in [0.3, 0.4) is 0 Å². The Morgan fingerprint density at radius 2 is 1.91 bits per heavy atom. The number of carbonyl (C=O) groups excluding carboxylic acids is 1. The van der Waals surface area contributed by atoms with Gasteiger partial charge in [0.2, 0.25) is 0 Å². The van der Waals surface area contributed by atoms with Gasteiger partial charge in [-0.15, -0.1) is 0 Å². The Kier molecular flexibility index (Phi) is 4.30. The molecule has 23 heavy (non-hydrogen) atoms. The summed E-state index contributed by atoms with van der Waals surface area (Å²) in [5.41, 5.74) is 2.26. The predicted octanol–water partition coefficient (Wildman–Crippen LogP) is 4.52. The molecular formula is C18H15BrN2O2. The van der Waals surface area contributed by atoms with Gasteiger partial charge in [0.15, 0.2) is 11.5 Å². The first kappa shape index (κ1) is 15.5. The number of fused-ring (bicyclic) bond motifs is 1. The lowest BCUT2D eigenvalue weighted by molar-refractivity contribution is 0.104. The Labute approximate surface area is 142 Å². The Balaban J connectivity index is 2.03. The van der Waals surface area contributed by atoms with Crippen LogP contribution < -0.4 is 0 Å². The van der Waals surface area contributed by atoms with Gasteiger partial charge in [-0.1, -0.05) is 21.1 Å². The maximum atomic E-state index is 12.2. The Morgan fingerprint density at radius 3 is 2.61 bits per heavy atom. The summed E-state index contributed by atoms with van der Waals surface area (Å²) < 4.78 is 6.47. The predicted molar refractivity (Wildman–Crippen MR) is 94.3 cm³/mol. The largest absolute Gasteiger partial charge is 0.383 e. The number of benzene rings is 2. The molecule has 3 rings (SSSR count). The summed E-state index contributed by atoms with van der Waals surface area (Å²) in [4.78, 5) is 14.1. The van der Waals surface area contributed by atoms with E-state index in [9.17, 15) is 4.79 Å². The summed E-state index contributed by atoms with van der Waals surface area (Å²) in [7, 11) is 3.75. The summed E-state index contributed by atoms with van der Waals surface area (Å²) in [6.45, 7) is 0. The molecule has 0 atom stereocenters. The molecule has 5 heteroatoms. The highest BCUT2D eigenvalue weighted by Crippen LogP contribution is 2.30. The van der Waals surface area contributed by atoms with Crippen molar-refractivity contribution in [2.45, 2.75) is 0 Å². The van der Waals surface area contributed by atoms with E-state index >= 15 is 0 Å². The van der Waals surface area contributed by atoms with E-state index in [1.165, 1.54) is 0 Å². The minimum atomic E-state index is -0.0523. The number of ketones is 1. The third-order valence-corrected chi connectivity index (χ3v) is 3.92. The summed E-state index contributed by atoms with van der Waals surface area (Å²) in [6.07, 6.45) is 3.28. The highest BCUT2D eigenvalue weighted by atomic mass is 79.9. The zero-order chi connectivity index (χ0) is 16.4. The van der Waals surface area contributed by atoms with Crippen LogP contribution >= 0.6 is 15.9 Å². The van der Waals surface area contributed by atoms with Gasteiger partial charge in [-0.2, -0.15) is 0 Å². The van der Waals surface area contributed by atoms with Crippen molar-refractivity contribution in [1.82, 2.24) is 10.1 Å². The average Bonchev–Trinajstić information content (AvgIpc) is 2.96. The van der Waals surface area contributed by atoms with Gasteiger partial charge in [0.1, 0.15) is 5.52 Å². The van der Waals surface area contributed by atoms with Gasteiger partial charge in [-0.25, -0.2) is 0 Å². The van der Waals surface area contributed by atoms with E-state index < -0.39 is 0 Å². The van der Waals surface area contributed by atoms with Gasteiger partial charge in [-0.3, -0.25) is 4.79 Å². The fraction of sp³-hybridized carbons (Fsp3) is 0.111. The third kappa shape index (κ3) is 3.35. The van der Waals surface area contributed by atoms with Crippen LogP contribution in [0.4, 0.5) is 0 Å². The number of nitrogens with zero attached hydrogens (tertiary/aromatic N) is 2. The van der Waals surface area contributed by atoms with Gasteiger partial charge >= 0.3 is 0 Å². The van der Waals surface area contributed by atoms with Crippen molar-refractivity contribution in [3.63, 3.8) is 0 Å². The van der Waals surface area contributed by atoms with Crippen LogP contribution in [0.25, 0.3) is 22.2 Å².